The minimum atomic E-state index is -0.819. The molecular formula is C94H122F4N10O14. The summed E-state index contributed by atoms with van der Waals surface area (Å²) >= 11 is 0. The van der Waals surface area contributed by atoms with E-state index >= 15 is 0 Å². The first kappa shape index (κ1) is 92.5. The van der Waals surface area contributed by atoms with Gasteiger partial charge in [-0.05, 0) is 185 Å². The van der Waals surface area contributed by atoms with Crippen molar-refractivity contribution in [3.8, 4) is 22.8 Å². The Balaban J connectivity index is 0.000000239. The fourth-order valence-electron chi connectivity index (χ4n) is 18.3. The van der Waals surface area contributed by atoms with Gasteiger partial charge in [0.2, 0.25) is 35.4 Å². The molecule has 6 amide bonds. The SMILES string of the molecule is CC[C@H](CC(=O)[C@H](C)CC)C(=O)N1C[C@@H](O)C[C@H]1Cc1c(-c2[nH]c3cc(F)ccc3c2C[C@@H]2C[C@H](O)CN2C(=O)[C@H](CC)NC(=O)[C@H](C)CC)[nH]c2cc(F)ccc12.CC[C@H](CC(=O)[C@H](C)CC)C(=O)N1C[C@@H](OC(C)=O)C[C@H]1Cc1c(-c2[nH]c3cc(F)ccc3c2C[C@@H]2C[C@H](OC(C)=O)CN2C(=O)[C@H](CC)NC(=O)[C@H](C)CC)[nH]c2cc(F)ccc12. The summed E-state index contributed by atoms with van der Waals surface area (Å²) < 4.78 is 70.9. The molecule has 8 heterocycles. The van der Waals surface area contributed by atoms with E-state index in [9.17, 15) is 75.7 Å². The number of hydrogen-bond acceptors (Lipinski definition) is 14. The maximum absolute atomic E-state index is 15.0. The maximum Gasteiger partial charge on any atom is 0.302 e. The summed E-state index contributed by atoms with van der Waals surface area (Å²) in [5.74, 6) is -6.17. The third kappa shape index (κ3) is 20.8. The number of aliphatic hydroxyl groups excluding tert-OH is 2. The van der Waals surface area contributed by atoms with Crippen LogP contribution in [0.3, 0.4) is 0 Å². The molecule has 4 aromatic heterocycles. The molecule has 12 rings (SSSR count). The number of aromatic amines is 4. The lowest BCUT2D eigenvalue weighted by molar-refractivity contribution is -0.147. The van der Waals surface area contributed by atoms with Crippen LogP contribution in [-0.4, -0.2) is 196 Å². The van der Waals surface area contributed by atoms with Crippen LogP contribution in [0.4, 0.5) is 17.6 Å². The number of Topliss-reactive ketones (excluding diaryl/α,β-unsaturated/α-hetero) is 2. The highest BCUT2D eigenvalue weighted by atomic mass is 19.1. The quantitative estimate of drug-likeness (QED) is 0.0137. The summed E-state index contributed by atoms with van der Waals surface area (Å²) in [6, 6.07) is 14.2. The number of ether oxygens (including phenoxy) is 2. The van der Waals surface area contributed by atoms with Crippen molar-refractivity contribution < 1.29 is 85.2 Å². The van der Waals surface area contributed by atoms with E-state index in [0.29, 0.717) is 138 Å². The summed E-state index contributed by atoms with van der Waals surface area (Å²) in [5.41, 5.74) is 7.27. The standard InChI is InChI=1S/C49H63F2N5O8.C45H59F2N5O6/c1-9-26(5)44(59)17-30(11-3)48(61)55-24-35(63-28(7)57)20-33(55)22-39-37-15-13-31(50)18-42(37)52-45(39)46-40(38-16-14-32(51)19-43(38)53-46)23-34-21-36(64-29(8)58)25-56(34)49(62)41(12-4)54-47(60)27(6)10-2;1-7-24(5)40(55)15-26(9-3)44(57)51-22-31(53)18-29(51)20-35-33-13-11-27(46)16-38(33)48-41(35)42-36(34-14-12-28(47)17-39(34)49-42)21-30-19-32(54)23-52(30)45(58)37(10-4)50-43(56)25(6)8-2/h13-16,18-19,26-27,30,33-36,41,52-53H,9-12,17,20-25H2,1-8H3,(H,54,60);11-14,16-17,24-26,29-32,37,48-49,53-54H,7-10,15,18-23H2,1-6H3,(H,50,56)/t26-,27-,30-,33+,34+,35+,36+,41+;24-,25-,26-,29+,30+,31+,32+,37+/m11/s1. The van der Waals surface area contributed by atoms with Crippen LogP contribution < -0.4 is 10.6 Å². The summed E-state index contributed by atoms with van der Waals surface area (Å²) in [4.78, 5) is 154. The predicted molar refractivity (Wildman–Crippen MR) is 458 cm³/mol. The Morgan fingerprint density at radius 2 is 0.656 bits per heavy atom. The molecule has 122 heavy (non-hydrogen) atoms. The molecule has 24 nitrogen and oxygen atoms in total. The van der Waals surface area contributed by atoms with Crippen LogP contribution in [0.2, 0.25) is 0 Å². The van der Waals surface area contributed by atoms with E-state index in [1.807, 2.05) is 76.2 Å². The number of H-pyrrole nitrogens is 4. The first-order chi connectivity index (χ1) is 58.1. The van der Waals surface area contributed by atoms with Crippen LogP contribution >= 0.6 is 0 Å². The Labute approximate surface area is 710 Å². The van der Waals surface area contributed by atoms with Crippen molar-refractivity contribution in [1.29, 1.82) is 0 Å². The van der Waals surface area contributed by atoms with Gasteiger partial charge >= 0.3 is 11.9 Å². The van der Waals surface area contributed by atoms with Gasteiger partial charge in [-0.2, -0.15) is 0 Å². The lowest BCUT2D eigenvalue weighted by atomic mass is 9.90. The van der Waals surface area contributed by atoms with E-state index in [1.165, 1.54) is 62.4 Å². The van der Waals surface area contributed by atoms with Crippen LogP contribution in [-0.2, 0) is 83.1 Å². The predicted octanol–water partition coefficient (Wildman–Crippen LogP) is 14.3. The third-order valence-electron chi connectivity index (χ3n) is 26.1. The van der Waals surface area contributed by atoms with Gasteiger partial charge in [0.1, 0.15) is 59.1 Å². The number of hydrogen-bond donors (Lipinski definition) is 8. The molecular weight excluding hydrogens is 1570 g/mol. The molecule has 0 saturated carbocycles. The largest absolute Gasteiger partial charge is 0.461 e. The summed E-state index contributed by atoms with van der Waals surface area (Å²) in [5, 5.41) is 30.5. The fourth-order valence-corrected chi connectivity index (χ4v) is 18.3. The van der Waals surface area contributed by atoms with E-state index in [-0.39, 0.29) is 135 Å². The van der Waals surface area contributed by atoms with Crippen molar-refractivity contribution in [2.24, 2.45) is 35.5 Å². The number of benzene rings is 4. The van der Waals surface area contributed by atoms with Crippen molar-refractivity contribution in [1.82, 2.24) is 50.2 Å². The number of esters is 2. The van der Waals surface area contributed by atoms with E-state index in [0.717, 1.165) is 27.6 Å². The average molecular weight is 1690 g/mol. The number of halogens is 4. The second-order valence-corrected chi connectivity index (χ2v) is 34.5. The second-order valence-electron chi connectivity index (χ2n) is 34.5. The summed E-state index contributed by atoms with van der Waals surface area (Å²) in [7, 11) is 0. The van der Waals surface area contributed by atoms with E-state index in [1.54, 1.807) is 50.8 Å². The van der Waals surface area contributed by atoms with Crippen LogP contribution in [0, 0.1) is 58.8 Å². The Kier molecular flexibility index (Phi) is 30.6. The number of aromatic nitrogens is 4. The van der Waals surface area contributed by atoms with E-state index in [4.69, 9.17) is 9.47 Å². The molecule has 4 saturated heterocycles. The first-order valence-electron chi connectivity index (χ1n) is 43.9. The highest BCUT2D eigenvalue weighted by molar-refractivity contribution is 5.99. The number of nitrogens with one attached hydrogen (secondary N) is 6. The van der Waals surface area contributed by atoms with Gasteiger partial charge in [0.15, 0.2) is 0 Å². The number of likely N-dealkylation sites (tertiary alicyclic amines) is 4. The zero-order chi connectivity index (χ0) is 88.6. The fraction of sp³-hybridized carbons (Fsp3) is 0.553. The second kappa shape index (κ2) is 40.4. The van der Waals surface area contributed by atoms with Crippen molar-refractivity contribution in [2.45, 2.75) is 273 Å². The van der Waals surface area contributed by atoms with Gasteiger partial charge in [0, 0.05) is 156 Å². The number of β-amino-alcohol motifs (C(OH)–C–C–N with tert-alkyl or cyclic N) is 2. The Morgan fingerprint density at radius 1 is 0.385 bits per heavy atom. The number of carbonyl (C=O) groups excluding carboxylic acids is 10. The van der Waals surface area contributed by atoms with Crippen LogP contribution in [0.25, 0.3) is 66.4 Å². The van der Waals surface area contributed by atoms with Gasteiger partial charge in [0.05, 0.1) is 48.1 Å². The number of amides is 6. The summed E-state index contributed by atoms with van der Waals surface area (Å²) in [6.07, 6.45) is 3.93. The number of fused-ring (bicyclic) bond motifs is 4. The van der Waals surface area contributed by atoms with Gasteiger partial charge in [-0.25, -0.2) is 17.6 Å². The molecule has 4 aromatic carbocycles. The number of aliphatic hydroxyl groups is 2. The topological polar surface area (TPSA) is 330 Å². The van der Waals surface area contributed by atoms with E-state index in [2.05, 4.69) is 30.6 Å². The number of rotatable bonds is 34. The van der Waals surface area contributed by atoms with Gasteiger partial charge in [0.25, 0.3) is 0 Å². The Bertz CT molecular complexity index is 4850. The highest BCUT2D eigenvalue weighted by Crippen LogP contribution is 2.44. The Hall–Kier alpha value is -10.2. The molecule has 660 valence electrons. The maximum atomic E-state index is 15.0. The third-order valence-corrected chi connectivity index (χ3v) is 26.1. The zero-order valence-electron chi connectivity index (χ0n) is 72.8. The van der Waals surface area contributed by atoms with Gasteiger partial charge in [-0.3, -0.25) is 47.9 Å². The minimum absolute atomic E-state index is 0.0152. The molecule has 8 aromatic rings. The Morgan fingerprint density at radius 3 is 0.926 bits per heavy atom. The number of nitrogens with zero attached hydrogens (tertiary/aromatic N) is 4. The first-order valence-corrected chi connectivity index (χ1v) is 43.9. The molecule has 28 heteroatoms. The molecule has 0 aliphatic carbocycles. The lowest BCUT2D eigenvalue weighted by Gasteiger charge is -2.30. The molecule has 0 radical (unpaired) electrons. The zero-order valence-corrected chi connectivity index (χ0v) is 72.8. The van der Waals surface area contributed by atoms with Crippen molar-refractivity contribution in [2.75, 3.05) is 26.2 Å². The van der Waals surface area contributed by atoms with Crippen LogP contribution in [0.15, 0.2) is 72.8 Å². The number of ketones is 2. The molecule has 4 aliphatic rings. The molecule has 8 N–H and O–H groups in total. The van der Waals surface area contributed by atoms with Gasteiger partial charge in [-0.1, -0.05) is 83.1 Å². The minimum Gasteiger partial charge on any atom is -0.461 e. The molecule has 4 fully saturated rings. The lowest BCUT2D eigenvalue weighted by Crippen LogP contribution is -2.51. The summed E-state index contributed by atoms with van der Waals surface area (Å²) in [6.45, 7) is 25.6. The monoisotopic (exact) mass is 1690 g/mol. The van der Waals surface area contributed by atoms with Gasteiger partial charge in [-0.15, -0.1) is 0 Å². The van der Waals surface area contributed by atoms with Crippen molar-refractivity contribution >= 4 is 103 Å². The van der Waals surface area contributed by atoms with E-state index < -0.39 is 108 Å². The molecule has 0 spiro atoms. The molecule has 4 aliphatic heterocycles. The average Bonchev–Trinajstić information content (AvgIpc) is 1.59. The smallest absolute Gasteiger partial charge is 0.302 e. The van der Waals surface area contributed by atoms with Gasteiger partial charge < -0.3 is 69.9 Å². The number of carbonyl (C=O) groups is 10. The van der Waals surface area contributed by atoms with Crippen molar-refractivity contribution in [3.63, 3.8) is 0 Å². The normalized spacial score (nSPS) is 21.1. The highest BCUT2D eigenvalue weighted by Gasteiger charge is 2.46. The van der Waals surface area contributed by atoms with Crippen LogP contribution in [0.5, 0.6) is 0 Å². The van der Waals surface area contributed by atoms with Crippen LogP contribution in [0.1, 0.15) is 209 Å². The van der Waals surface area contributed by atoms with Crippen molar-refractivity contribution in [3.05, 3.63) is 118 Å². The molecule has 0 unspecified atom stereocenters. The molecule has 16 atom stereocenters. The molecule has 0 bridgehead atoms.